The number of hydrogen-bond donors (Lipinski definition) is 1. The average molecular weight is 351 g/mol. The van der Waals surface area contributed by atoms with Crippen molar-refractivity contribution >= 4 is 17.4 Å². The molecule has 0 saturated carbocycles. The summed E-state index contributed by atoms with van der Waals surface area (Å²) in [4.78, 5) is 19.5. The first-order valence-electron chi connectivity index (χ1n) is 9.33. The third kappa shape index (κ3) is 4.24. The molecule has 1 aromatic carbocycles. The summed E-state index contributed by atoms with van der Waals surface area (Å²) in [5, 5.41) is 3.01. The van der Waals surface area contributed by atoms with E-state index >= 15 is 0 Å². The second-order valence-electron chi connectivity index (χ2n) is 8.61. The van der Waals surface area contributed by atoms with Gasteiger partial charge in [0.05, 0.1) is 11.4 Å². The summed E-state index contributed by atoms with van der Waals surface area (Å²) < 4.78 is 0. The van der Waals surface area contributed by atoms with Gasteiger partial charge < -0.3 is 10.2 Å². The first kappa shape index (κ1) is 18.4. The number of anilines is 2. The molecule has 1 amide bonds. The number of nitrogens with zero attached hydrogens (tertiary/aromatic N) is 2. The Morgan fingerprint density at radius 1 is 1.27 bits per heavy atom. The maximum atomic E-state index is 12.3. The number of fused-ring (bicyclic) bond motifs is 1. The highest BCUT2D eigenvalue weighted by Crippen LogP contribution is 2.38. The Kier molecular flexibility index (Phi) is 5.03. The second-order valence-corrected chi connectivity index (χ2v) is 8.61. The molecule has 0 spiro atoms. The highest BCUT2D eigenvalue weighted by atomic mass is 16.1. The lowest BCUT2D eigenvalue weighted by Crippen LogP contribution is -2.21. The van der Waals surface area contributed by atoms with Crippen LogP contribution < -0.4 is 10.2 Å². The predicted molar refractivity (Wildman–Crippen MR) is 108 cm³/mol. The van der Waals surface area contributed by atoms with E-state index in [1.807, 2.05) is 13.0 Å². The van der Waals surface area contributed by atoms with Crippen LogP contribution in [0, 0.1) is 12.3 Å². The lowest BCUT2D eigenvalue weighted by Gasteiger charge is -2.21. The van der Waals surface area contributed by atoms with Crippen LogP contribution in [-0.2, 0) is 11.3 Å². The molecule has 1 atom stereocenters. The van der Waals surface area contributed by atoms with Crippen LogP contribution in [0.5, 0.6) is 0 Å². The second kappa shape index (κ2) is 7.10. The molecule has 4 heteroatoms. The Balaban J connectivity index is 1.81. The Bertz CT molecular complexity index is 793. The van der Waals surface area contributed by atoms with Crippen LogP contribution in [0.1, 0.15) is 56.9 Å². The van der Waals surface area contributed by atoms with E-state index in [1.54, 1.807) is 0 Å². The zero-order valence-electron chi connectivity index (χ0n) is 16.5. The number of carbonyl (C=O) groups excluding carboxylic acids is 1. The van der Waals surface area contributed by atoms with Crippen LogP contribution in [-0.4, -0.2) is 17.4 Å². The van der Waals surface area contributed by atoms with Crippen molar-refractivity contribution in [3.63, 3.8) is 0 Å². The fraction of sp³-hybridized carbons (Fsp3) is 0.455. The molecule has 3 rings (SSSR count). The highest BCUT2D eigenvalue weighted by Gasteiger charge is 2.28. The van der Waals surface area contributed by atoms with E-state index in [4.69, 9.17) is 4.98 Å². The number of carbonyl (C=O) groups is 1. The molecule has 4 nitrogen and oxygen atoms in total. The normalized spacial score (nSPS) is 16.5. The molecule has 1 N–H and O–H groups in total. The van der Waals surface area contributed by atoms with Gasteiger partial charge in [0.1, 0.15) is 5.82 Å². The van der Waals surface area contributed by atoms with Crippen molar-refractivity contribution in [2.24, 2.45) is 5.41 Å². The van der Waals surface area contributed by atoms with Gasteiger partial charge in [0.25, 0.3) is 0 Å². The Labute approximate surface area is 156 Å². The summed E-state index contributed by atoms with van der Waals surface area (Å²) in [5.41, 5.74) is 4.55. The first-order valence-corrected chi connectivity index (χ1v) is 9.33. The molecule has 0 fully saturated rings. The van der Waals surface area contributed by atoms with Crippen molar-refractivity contribution in [1.29, 1.82) is 0 Å². The molecular weight excluding hydrogens is 322 g/mol. The standard InChI is InChI=1S/C22H29N3O/c1-15-11-18-20(24-21(15)23-19(26)12-22(3,4)5)16(2)13-25(18)14-17-9-7-6-8-10-17/h6-11,16H,12-14H2,1-5H3,(H,23,24,26)/t16-/m0/s1. The van der Waals surface area contributed by atoms with Crippen LogP contribution in [0.2, 0.25) is 0 Å². The van der Waals surface area contributed by atoms with E-state index < -0.39 is 0 Å². The van der Waals surface area contributed by atoms with Crippen LogP contribution >= 0.6 is 0 Å². The van der Waals surface area contributed by atoms with Gasteiger partial charge in [-0.25, -0.2) is 4.98 Å². The summed E-state index contributed by atoms with van der Waals surface area (Å²) >= 11 is 0. The molecule has 0 aliphatic carbocycles. The van der Waals surface area contributed by atoms with Gasteiger partial charge in [-0.15, -0.1) is 0 Å². The van der Waals surface area contributed by atoms with Gasteiger partial charge in [0.15, 0.2) is 0 Å². The summed E-state index contributed by atoms with van der Waals surface area (Å²) in [6, 6.07) is 12.7. The van der Waals surface area contributed by atoms with Gasteiger partial charge in [-0.2, -0.15) is 0 Å². The van der Waals surface area contributed by atoms with Crippen molar-refractivity contribution in [3.8, 4) is 0 Å². The third-order valence-corrected chi connectivity index (χ3v) is 4.69. The van der Waals surface area contributed by atoms with E-state index in [2.05, 4.69) is 68.2 Å². The predicted octanol–water partition coefficient (Wildman–Crippen LogP) is 4.89. The molecule has 138 valence electrons. The van der Waals surface area contributed by atoms with Crippen LogP contribution in [0.15, 0.2) is 36.4 Å². The molecule has 0 radical (unpaired) electrons. The molecule has 1 aliphatic rings. The van der Waals surface area contributed by atoms with E-state index in [0.717, 1.165) is 24.3 Å². The maximum absolute atomic E-state index is 12.3. The van der Waals surface area contributed by atoms with E-state index in [-0.39, 0.29) is 11.3 Å². The van der Waals surface area contributed by atoms with E-state index in [1.165, 1.54) is 11.3 Å². The Morgan fingerprint density at radius 3 is 2.62 bits per heavy atom. The van der Waals surface area contributed by atoms with Gasteiger partial charge in [-0.05, 0) is 29.5 Å². The van der Waals surface area contributed by atoms with Crippen molar-refractivity contribution < 1.29 is 4.79 Å². The summed E-state index contributed by atoms with van der Waals surface area (Å²) in [7, 11) is 0. The number of hydrogen-bond acceptors (Lipinski definition) is 3. The number of amides is 1. The van der Waals surface area contributed by atoms with Crippen LogP contribution in [0.25, 0.3) is 0 Å². The van der Waals surface area contributed by atoms with Crippen molar-refractivity contribution in [2.75, 3.05) is 16.8 Å². The molecular formula is C22H29N3O. The summed E-state index contributed by atoms with van der Waals surface area (Å²) in [5.74, 6) is 1.08. The Morgan fingerprint density at radius 2 is 1.96 bits per heavy atom. The zero-order valence-corrected chi connectivity index (χ0v) is 16.5. The molecule has 0 unspecified atom stereocenters. The van der Waals surface area contributed by atoms with Gasteiger partial charge in [-0.1, -0.05) is 58.0 Å². The molecule has 0 bridgehead atoms. The minimum atomic E-state index is -0.0332. The van der Waals surface area contributed by atoms with Crippen molar-refractivity contribution in [1.82, 2.24) is 4.98 Å². The van der Waals surface area contributed by atoms with Gasteiger partial charge in [0, 0.05) is 25.4 Å². The van der Waals surface area contributed by atoms with E-state index in [9.17, 15) is 4.79 Å². The molecule has 1 aliphatic heterocycles. The van der Waals surface area contributed by atoms with Gasteiger partial charge in [-0.3, -0.25) is 4.79 Å². The smallest absolute Gasteiger partial charge is 0.226 e. The number of benzene rings is 1. The summed E-state index contributed by atoms with van der Waals surface area (Å²) in [6.45, 7) is 12.3. The maximum Gasteiger partial charge on any atom is 0.226 e. The molecule has 26 heavy (non-hydrogen) atoms. The Hall–Kier alpha value is -2.36. The number of nitrogens with one attached hydrogen (secondary N) is 1. The van der Waals surface area contributed by atoms with Gasteiger partial charge >= 0.3 is 0 Å². The van der Waals surface area contributed by atoms with E-state index in [0.29, 0.717) is 18.2 Å². The first-order chi connectivity index (χ1) is 12.2. The van der Waals surface area contributed by atoms with Crippen LogP contribution in [0.4, 0.5) is 11.5 Å². The number of aromatic nitrogens is 1. The quantitative estimate of drug-likeness (QED) is 0.853. The SMILES string of the molecule is Cc1cc2c(nc1NC(=O)CC(C)(C)C)[C@@H](C)CN2Cc1ccccc1. The highest BCUT2D eigenvalue weighted by molar-refractivity contribution is 5.91. The number of aryl methyl sites for hydroxylation is 1. The molecule has 2 heterocycles. The lowest BCUT2D eigenvalue weighted by molar-refractivity contribution is -0.117. The minimum absolute atomic E-state index is 0.0276. The molecule has 1 aromatic heterocycles. The topological polar surface area (TPSA) is 45.2 Å². The van der Waals surface area contributed by atoms with Gasteiger partial charge in [0.2, 0.25) is 5.91 Å². The van der Waals surface area contributed by atoms with Crippen molar-refractivity contribution in [2.45, 2.75) is 53.5 Å². The van der Waals surface area contributed by atoms with Crippen molar-refractivity contribution in [3.05, 3.63) is 53.2 Å². The monoisotopic (exact) mass is 351 g/mol. The summed E-state index contributed by atoms with van der Waals surface area (Å²) in [6.07, 6.45) is 0.487. The minimum Gasteiger partial charge on any atom is -0.365 e. The number of pyridine rings is 1. The average Bonchev–Trinajstić information content (AvgIpc) is 2.82. The number of rotatable bonds is 4. The molecule has 0 saturated heterocycles. The lowest BCUT2D eigenvalue weighted by atomic mass is 9.92. The zero-order chi connectivity index (χ0) is 18.9. The largest absolute Gasteiger partial charge is 0.365 e. The fourth-order valence-corrected chi connectivity index (χ4v) is 3.48. The fourth-order valence-electron chi connectivity index (χ4n) is 3.48. The third-order valence-electron chi connectivity index (χ3n) is 4.69. The van der Waals surface area contributed by atoms with Crippen LogP contribution in [0.3, 0.4) is 0 Å². The molecule has 2 aromatic rings.